The van der Waals surface area contributed by atoms with E-state index in [1.165, 1.54) is 89.9 Å². The maximum Gasteiger partial charge on any atom is 0.265 e. The minimum atomic E-state index is -3.87. The highest BCUT2D eigenvalue weighted by Gasteiger charge is 2.20. The van der Waals surface area contributed by atoms with E-state index in [-0.39, 0.29) is 11.7 Å². The van der Waals surface area contributed by atoms with Gasteiger partial charge in [0.15, 0.2) is 0 Å². The van der Waals surface area contributed by atoms with E-state index in [1.807, 2.05) is 0 Å². The van der Waals surface area contributed by atoms with Crippen molar-refractivity contribution in [3.63, 3.8) is 0 Å². The van der Waals surface area contributed by atoms with E-state index in [9.17, 15) is 13.0 Å². The van der Waals surface area contributed by atoms with Gasteiger partial charge in [-0.15, -0.1) is 0 Å². The molecule has 162 valence electrons. The Balaban J connectivity index is 2.14. The predicted octanol–water partition coefficient (Wildman–Crippen LogP) is 6.07. The van der Waals surface area contributed by atoms with E-state index in [1.54, 1.807) is 0 Å². The van der Waals surface area contributed by atoms with Crippen LogP contribution in [0.3, 0.4) is 0 Å². The third kappa shape index (κ3) is 15.5. The van der Waals surface area contributed by atoms with E-state index in [2.05, 4.69) is 11.8 Å². The van der Waals surface area contributed by atoms with Crippen molar-refractivity contribution in [2.75, 3.05) is 25.4 Å². The molecule has 0 aromatic carbocycles. The zero-order valence-electron chi connectivity index (χ0n) is 17.8. The maximum absolute atomic E-state index is 11.4. The lowest BCUT2D eigenvalue weighted by atomic mass is 10.0. The van der Waals surface area contributed by atoms with Gasteiger partial charge >= 0.3 is 0 Å². The molecule has 4 nitrogen and oxygen atoms in total. The monoisotopic (exact) mass is 403 g/mol. The number of rotatable bonds is 16. The molecule has 27 heavy (non-hydrogen) atoms. The van der Waals surface area contributed by atoms with Crippen LogP contribution in [0.5, 0.6) is 0 Å². The molecule has 1 unspecified atom stereocenters. The van der Waals surface area contributed by atoms with Crippen LogP contribution in [0, 0.1) is 5.92 Å². The largest absolute Gasteiger partial charge is 0.303 e. The highest BCUT2D eigenvalue weighted by Crippen LogP contribution is 2.18. The molecule has 0 bridgehead atoms. The van der Waals surface area contributed by atoms with Crippen molar-refractivity contribution < 1.29 is 13.0 Å². The van der Waals surface area contributed by atoms with Crippen LogP contribution in [0.15, 0.2) is 0 Å². The summed E-state index contributed by atoms with van der Waals surface area (Å²) in [6, 6.07) is 0. The van der Waals surface area contributed by atoms with Crippen LogP contribution < -0.4 is 0 Å². The summed E-state index contributed by atoms with van der Waals surface area (Å²) in [6.45, 7) is 5.26. The van der Waals surface area contributed by atoms with Gasteiger partial charge in [-0.2, -0.15) is 8.42 Å². The molecule has 1 N–H and O–H groups in total. The third-order valence-electron chi connectivity index (χ3n) is 5.88. The van der Waals surface area contributed by atoms with Crippen LogP contribution in [-0.4, -0.2) is 43.3 Å². The molecule has 0 saturated carbocycles. The van der Waals surface area contributed by atoms with Crippen LogP contribution in [0.4, 0.5) is 0 Å². The van der Waals surface area contributed by atoms with Gasteiger partial charge in [0.2, 0.25) is 0 Å². The second-order valence-electron chi connectivity index (χ2n) is 8.65. The molecule has 0 amide bonds. The van der Waals surface area contributed by atoms with Gasteiger partial charge in [0, 0.05) is 6.54 Å². The number of nitrogens with zero attached hydrogens (tertiary/aromatic N) is 1. The zero-order valence-corrected chi connectivity index (χ0v) is 18.7. The van der Waals surface area contributed by atoms with Gasteiger partial charge < -0.3 is 4.90 Å². The van der Waals surface area contributed by atoms with E-state index >= 15 is 0 Å². The normalized spacial score (nSPS) is 17.7. The zero-order chi connectivity index (χ0) is 19.8. The number of unbranched alkanes of at least 4 members (excludes halogenated alkanes) is 10. The molecule has 0 radical (unpaired) electrons. The summed E-state index contributed by atoms with van der Waals surface area (Å²) in [7, 11) is -3.87. The fraction of sp³-hybridized carbons (Fsp3) is 1.00. The molecular weight excluding hydrogens is 358 g/mol. The maximum atomic E-state index is 11.4. The number of hydrogen-bond donors (Lipinski definition) is 1. The van der Waals surface area contributed by atoms with Crippen molar-refractivity contribution in [2.45, 2.75) is 110 Å². The van der Waals surface area contributed by atoms with Crippen molar-refractivity contribution in [1.29, 1.82) is 0 Å². The smallest absolute Gasteiger partial charge is 0.265 e. The summed E-state index contributed by atoms with van der Waals surface area (Å²) >= 11 is 0. The fourth-order valence-electron chi connectivity index (χ4n) is 4.31. The van der Waals surface area contributed by atoms with Crippen molar-refractivity contribution in [3.8, 4) is 0 Å². The summed E-state index contributed by atoms with van der Waals surface area (Å²) in [4.78, 5) is 2.42. The van der Waals surface area contributed by atoms with Crippen molar-refractivity contribution in [3.05, 3.63) is 0 Å². The van der Waals surface area contributed by atoms with Crippen LogP contribution in [-0.2, 0) is 10.1 Å². The Bertz CT molecular complexity index is 431. The van der Waals surface area contributed by atoms with Crippen LogP contribution in [0.25, 0.3) is 0 Å². The Morgan fingerprint density at radius 1 is 0.778 bits per heavy atom. The standard InChI is InChI=1S/C22H45NO3S/c1-2-3-4-5-6-7-8-9-10-11-14-17-22(21-27(24,25)26)20-23-18-15-12-13-16-19-23/h22H,2-21H2,1H3,(H,24,25,26). The highest BCUT2D eigenvalue weighted by molar-refractivity contribution is 7.85. The molecule has 0 aliphatic carbocycles. The van der Waals surface area contributed by atoms with E-state index in [0.717, 1.165) is 32.5 Å². The minimum Gasteiger partial charge on any atom is -0.303 e. The van der Waals surface area contributed by atoms with Gasteiger partial charge in [-0.1, -0.05) is 90.4 Å². The number of hydrogen-bond acceptors (Lipinski definition) is 3. The molecule has 1 rings (SSSR count). The molecule has 1 aliphatic rings. The molecule has 1 fully saturated rings. The van der Waals surface area contributed by atoms with Crippen molar-refractivity contribution in [2.24, 2.45) is 5.92 Å². The first kappa shape index (κ1) is 24.9. The van der Waals surface area contributed by atoms with Crippen molar-refractivity contribution in [1.82, 2.24) is 4.90 Å². The molecule has 1 saturated heterocycles. The Labute approximate surface area is 169 Å². The lowest BCUT2D eigenvalue weighted by Crippen LogP contribution is -2.33. The summed E-state index contributed by atoms with van der Waals surface area (Å²) in [6.07, 6.45) is 20.4. The van der Waals surface area contributed by atoms with E-state index < -0.39 is 10.1 Å². The van der Waals surface area contributed by atoms with Gasteiger partial charge in [0.25, 0.3) is 10.1 Å². The summed E-state index contributed by atoms with van der Waals surface area (Å²) in [5.74, 6) is 0.0121. The SMILES string of the molecule is CCCCCCCCCCCCCC(CN1CCCCCC1)CS(=O)(=O)O. The molecule has 0 aromatic rings. The van der Waals surface area contributed by atoms with Gasteiger partial charge in [-0.05, 0) is 38.3 Å². The van der Waals surface area contributed by atoms with Crippen molar-refractivity contribution >= 4 is 10.1 Å². The third-order valence-corrected chi connectivity index (χ3v) is 6.77. The van der Waals surface area contributed by atoms with Gasteiger partial charge in [-0.25, -0.2) is 0 Å². The molecule has 1 atom stereocenters. The second kappa shape index (κ2) is 15.8. The first-order chi connectivity index (χ1) is 13.0. The van der Waals surface area contributed by atoms with E-state index in [0.29, 0.717) is 0 Å². The lowest BCUT2D eigenvalue weighted by molar-refractivity contribution is 0.237. The fourth-order valence-corrected chi connectivity index (χ4v) is 5.17. The van der Waals surface area contributed by atoms with Gasteiger partial charge in [0.05, 0.1) is 5.75 Å². The first-order valence-electron chi connectivity index (χ1n) is 11.7. The quantitative estimate of drug-likeness (QED) is 0.251. The molecule has 0 aromatic heterocycles. The molecule has 1 aliphatic heterocycles. The average Bonchev–Trinajstić information content (AvgIpc) is 2.87. The number of likely N-dealkylation sites (tertiary alicyclic amines) is 1. The minimum absolute atomic E-state index is 0.0682. The van der Waals surface area contributed by atoms with Crippen LogP contribution in [0.1, 0.15) is 110 Å². The van der Waals surface area contributed by atoms with Crippen LogP contribution >= 0.6 is 0 Å². The average molecular weight is 404 g/mol. The Morgan fingerprint density at radius 3 is 1.74 bits per heavy atom. The van der Waals surface area contributed by atoms with Gasteiger partial charge in [0.1, 0.15) is 0 Å². The van der Waals surface area contributed by atoms with E-state index in [4.69, 9.17) is 0 Å². The predicted molar refractivity (Wildman–Crippen MR) is 116 cm³/mol. The van der Waals surface area contributed by atoms with Crippen LogP contribution in [0.2, 0.25) is 0 Å². The molecule has 1 heterocycles. The Morgan fingerprint density at radius 2 is 1.26 bits per heavy atom. The summed E-state index contributed by atoms with van der Waals surface area (Å²) in [5, 5.41) is 0. The summed E-state index contributed by atoms with van der Waals surface area (Å²) < 4.78 is 32.1. The second-order valence-corrected chi connectivity index (χ2v) is 10.2. The molecular formula is C22H45NO3S. The first-order valence-corrected chi connectivity index (χ1v) is 13.3. The topological polar surface area (TPSA) is 57.6 Å². The lowest BCUT2D eigenvalue weighted by Gasteiger charge is -2.25. The Hall–Kier alpha value is -0.130. The summed E-state index contributed by atoms with van der Waals surface area (Å²) in [5.41, 5.74) is 0. The molecule has 0 spiro atoms. The molecule has 5 heteroatoms. The Kier molecular flexibility index (Phi) is 14.5. The van der Waals surface area contributed by atoms with Gasteiger partial charge in [-0.3, -0.25) is 4.55 Å². The highest BCUT2D eigenvalue weighted by atomic mass is 32.2.